The smallest absolute Gasteiger partial charge is 0.303 e. The Kier molecular flexibility index (Phi) is 5.69. The zero-order chi connectivity index (χ0) is 14.6. The van der Waals surface area contributed by atoms with Crippen molar-refractivity contribution in [3.8, 4) is 0 Å². The molecule has 2 aliphatic rings. The standard InChI is InChI=1S/C15H26F3NS/c16-15(17,18)13-5-9-19(10-6-13)11-14(12-20)7-3-1-2-4-8-14/h13,20H,1-12H2. The molecule has 0 atom stereocenters. The van der Waals surface area contributed by atoms with Crippen LogP contribution >= 0.6 is 12.6 Å². The van der Waals surface area contributed by atoms with E-state index in [0.717, 1.165) is 12.3 Å². The SMILES string of the molecule is FC(F)(F)C1CCN(CC2(CS)CCCCCC2)CC1. The van der Waals surface area contributed by atoms with E-state index in [-0.39, 0.29) is 18.3 Å². The highest BCUT2D eigenvalue weighted by atomic mass is 32.1. The number of halogens is 3. The average molecular weight is 309 g/mol. The second-order valence-corrected chi connectivity index (χ2v) is 6.98. The van der Waals surface area contributed by atoms with Crippen LogP contribution in [0.2, 0.25) is 0 Å². The molecule has 1 saturated carbocycles. The summed E-state index contributed by atoms with van der Waals surface area (Å²) in [5.74, 6) is -0.216. The van der Waals surface area contributed by atoms with Gasteiger partial charge in [0.05, 0.1) is 5.92 Å². The molecule has 0 amide bonds. The van der Waals surface area contributed by atoms with Crippen LogP contribution in [0, 0.1) is 11.3 Å². The third-order valence-electron chi connectivity index (χ3n) is 5.11. The van der Waals surface area contributed by atoms with Crippen LogP contribution in [0.5, 0.6) is 0 Å². The van der Waals surface area contributed by atoms with Gasteiger partial charge in [0.15, 0.2) is 0 Å². The average Bonchev–Trinajstić information content (AvgIpc) is 2.64. The van der Waals surface area contributed by atoms with Gasteiger partial charge in [0, 0.05) is 6.54 Å². The summed E-state index contributed by atoms with van der Waals surface area (Å²) < 4.78 is 38.1. The van der Waals surface area contributed by atoms with Gasteiger partial charge in [-0.05, 0) is 49.9 Å². The maximum Gasteiger partial charge on any atom is 0.391 e. The summed E-state index contributed by atoms with van der Waals surface area (Å²) in [4.78, 5) is 2.25. The fourth-order valence-corrected chi connectivity index (χ4v) is 4.15. The summed E-state index contributed by atoms with van der Waals surface area (Å²) in [5, 5.41) is 0. The van der Waals surface area contributed by atoms with E-state index in [1.54, 1.807) is 0 Å². The zero-order valence-corrected chi connectivity index (χ0v) is 13.0. The van der Waals surface area contributed by atoms with Crippen LogP contribution in [0.3, 0.4) is 0 Å². The Balaban J connectivity index is 1.87. The maximum atomic E-state index is 12.7. The van der Waals surface area contributed by atoms with E-state index in [9.17, 15) is 13.2 Å². The van der Waals surface area contributed by atoms with Crippen LogP contribution in [-0.4, -0.2) is 36.5 Å². The number of hydrogen-bond acceptors (Lipinski definition) is 2. The van der Waals surface area contributed by atoms with Gasteiger partial charge in [-0.3, -0.25) is 0 Å². The molecule has 2 rings (SSSR count). The van der Waals surface area contributed by atoms with Gasteiger partial charge in [0.25, 0.3) is 0 Å². The van der Waals surface area contributed by atoms with Crippen LogP contribution in [-0.2, 0) is 0 Å². The molecule has 1 aliphatic carbocycles. The van der Waals surface area contributed by atoms with Crippen molar-refractivity contribution in [3.63, 3.8) is 0 Å². The van der Waals surface area contributed by atoms with Crippen LogP contribution < -0.4 is 0 Å². The van der Waals surface area contributed by atoms with Crippen molar-refractivity contribution < 1.29 is 13.2 Å². The number of thiol groups is 1. The zero-order valence-electron chi connectivity index (χ0n) is 12.1. The molecule has 0 aromatic carbocycles. The van der Waals surface area contributed by atoms with Crippen LogP contribution in [0.4, 0.5) is 13.2 Å². The summed E-state index contributed by atoms with van der Waals surface area (Å²) in [6, 6.07) is 0. The molecule has 118 valence electrons. The molecule has 0 bridgehead atoms. The van der Waals surface area contributed by atoms with Gasteiger partial charge >= 0.3 is 6.18 Å². The third kappa shape index (κ3) is 4.30. The van der Waals surface area contributed by atoms with E-state index >= 15 is 0 Å². The van der Waals surface area contributed by atoms with Crippen molar-refractivity contribution >= 4 is 12.6 Å². The summed E-state index contributed by atoms with van der Waals surface area (Å²) in [6.07, 6.45) is 4.01. The lowest BCUT2D eigenvalue weighted by Gasteiger charge is -2.40. The van der Waals surface area contributed by atoms with E-state index in [2.05, 4.69) is 17.5 Å². The van der Waals surface area contributed by atoms with Gasteiger partial charge in [0.2, 0.25) is 0 Å². The lowest BCUT2D eigenvalue weighted by atomic mass is 9.81. The van der Waals surface area contributed by atoms with Crippen LogP contribution in [0.1, 0.15) is 51.4 Å². The number of rotatable bonds is 3. The molecule has 0 aromatic heterocycles. The first-order valence-corrected chi connectivity index (χ1v) is 8.48. The van der Waals surface area contributed by atoms with Crippen molar-refractivity contribution in [1.82, 2.24) is 4.90 Å². The molecular formula is C15H26F3NS. The molecule has 5 heteroatoms. The van der Waals surface area contributed by atoms with Crippen molar-refractivity contribution in [2.24, 2.45) is 11.3 Å². The largest absolute Gasteiger partial charge is 0.391 e. The lowest BCUT2D eigenvalue weighted by molar-refractivity contribution is -0.185. The van der Waals surface area contributed by atoms with Crippen molar-refractivity contribution in [3.05, 3.63) is 0 Å². The number of piperidine rings is 1. The molecule has 0 N–H and O–H groups in total. The highest BCUT2D eigenvalue weighted by molar-refractivity contribution is 7.80. The van der Waals surface area contributed by atoms with Crippen molar-refractivity contribution in [1.29, 1.82) is 0 Å². The Hall–Kier alpha value is 0.100. The summed E-state index contributed by atoms with van der Waals surface area (Å²) >= 11 is 4.55. The minimum Gasteiger partial charge on any atom is -0.303 e. The minimum atomic E-state index is -4.00. The number of alkyl halides is 3. The predicted molar refractivity (Wildman–Crippen MR) is 79.2 cm³/mol. The Labute approximate surface area is 125 Å². The molecule has 1 nitrogen and oxygen atoms in total. The number of likely N-dealkylation sites (tertiary alicyclic amines) is 1. The van der Waals surface area contributed by atoms with E-state index in [1.165, 1.54) is 38.5 Å². The summed E-state index contributed by atoms with van der Waals surface area (Å²) in [5.41, 5.74) is 0.241. The topological polar surface area (TPSA) is 3.24 Å². The first-order valence-electron chi connectivity index (χ1n) is 7.85. The van der Waals surface area contributed by atoms with E-state index in [4.69, 9.17) is 0 Å². The fraction of sp³-hybridized carbons (Fsp3) is 1.00. The lowest BCUT2D eigenvalue weighted by Crippen LogP contribution is -2.45. The molecular weight excluding hydrogens is 283 g/mol. The molecule has 1 aliphatic heterocycles. The highest BCUT2D eigenvalue weighted by Crippen LogP contribution is 2.39. The van der Waals surface area contributed by atoms with Gasteiger partial charge in [-0.1, -0.05) is 25.7 Å². The van der Waals surface area contributed by atoms with Gasteiger partial charge in [0.1, 0.15) is 0 Å². The van der Waals surface area contributed by atoms with Gasteiger partial charge in [-0.2, -0.15) is 25.8 Å². The van der Waals surface area contributed by atoms with Gasteiger partial charge in [-0.15, -0.1) is 0 Å². The van der Waals surface area contributed by atoms with Crippen molar-refractivity contribution in [2.45, 2.75) is 57.5 Å². The summed E-state index contributed by atoms with van der Waals surface area (Å²) in [7, 11) is 0. The molecule has 1 heterocycles. The molecule has 2 fully saturated rings. The normalized spacial score (nSPS) is 26.4. The first-order chi connectivity index (χ1) is 9.45. The second kappa shape index (κ2) is 6.91. The van der Waals surface area contributed by atoms with Crippen molar-refractivity contribution in [2.75, 3.05) is 25.4 Å². The minimum absolute atomic E-state index is 0.241. The van der Waals surface area contributed by atoms with E-state index in [1.807, 2.05) is 0 Å². The molecule has 1 saturated heterocycles. The Morgan fingerprint density at radius 2 is 1.55 bits per heavy atom. The fourth-order valence-electron chi connectivity index (χ4n) is 3.74. The Morgan fingerprint density at radius 1 is 1.00 bits per heavy atom. The van der Waals surface area contributed by atoms with Gasteiger partial charge in [-0.25, -0.2) is 0 Å². The third-order valence-corrected chi connectivity index (χ3v) is 5.78. The predicted octanol–water partition coefficient (Wildman–Crippen LogP) is 4.53. The molecule has 0 spiro atoms. The second-order valence-electron chi connectivity index (χ2n) is 6.66. The van der Waals surface area contributed by atoms with E-state index < -0.39 is 12.1 Å². The quantitative estimate of drug-likeness (QED) is 0.592. The Morgan fingerprint density at radius 3 is 2.00 bits per heavy atom. The number of hydrogen-bond donors (Lipinski definition) is 1. The molecule has 0 unspecified atom stereocenters. The first kappa shape index (κ1) is 16.5. The molecule has 0 radical (unpaired) electrons. The van der Waals surface area contributed by atoms with E-state index in [0.29, 0.717) is 13.1 Å². The summed E-state index contributed by atoms with van der Waals surface area (Å²) in [6.45, 7) is 2.14. The highest BCUT2D eigenvalue weighted by Gasteiger charge is 2.42. The number of nitrogens with zero attached hydrogens (tertiary/aromatic N) is 1. The van der Waals surface area contributed by atoms with Crippen LogP contribution in [0.25, 0.3) is 0 Å². The molecule has 0 aromatic rings. The molecule has 20 heavy (non-hydrogen) atoms. The van der Waals surface area contributed by atoms with Gasteiger partial charge < -0.3 is 4.90 Å². The Bertz CT molecular complexity index is 290. The van der Waals surface area contributed by atoms with Crippen LogP contribution in [0.15, 0.2) is 0 Å². The monoisotopic (exact) mass is 309 g/mol. The maximum absolute atomic E-state index is 12.7.